The van der Waals surface area contributed by atoms with Gasteiger partial charge in [-0.15, -0.1) is 0 Å². The number of allylic oxidation sites excluding steroid dienone is 2. The Kier molecular flexibility index (Phi) is 11.6. The predicted molar refractivity (Wildman–Crippen MR) is 140 cm³/mol. The highest BCUT2D eigenvalue weighted by Crippen LogP contribution is 2.26. The van der Waals surface area contributed by atoms with Gasteiger partial charge in [-0.2, -0.15) is 0 Å². The molecule has 3 rings (SSSR count). The summed E-state index contributed by atoms with van der Waals surface area (Å²) in [5, 5.41) is 10.8. The Morgan fingerprint density at radius 3 is 2.29 bits per heavy atom. The molecule has 188 valence electrons. The average Bonchev–Trinajstić information content (AvgIpc) is 3.25. The molecule has 0 spiro atoms. The lowest BCUT2D eigenvalue weighted by molar-refractivity contribution is -0.00563. The summed E-state index contributed by atoms with van der Waals surface area (Å²) in [7, 11) is 0. The number of aromatic amines is 1. The van der Waals surface area contributed by atoms with Crippen LogP contribution in [0.25, 0.3) is 27.4 Å². The minimum atomic E-state index is 0.0305. The van der Waals surface area contributed by atoms with Crippen LogP contribution in [0.1, 0.15) is 18.4 Å². The SMILES string of the molecule is C=C(CCCOCCOCCOCCOCCO)/N=C\C(=C)c1ccc2c(c1)[nH]c1ccncc12. The Labute approximate surface area is 206 Å². The molecule has 0 unspecified atom stereocenters. The van der Waals surface area contributed by atoms with E-state index in [1.807, 2.05) is 12.3 Å². The molecular formula is C27H35N3O5. The summed E-state index contributed by atoms with van der Waals surface area (Å²) in [4.78, 5) is 12.1. The van der Waals surface area contributed by atoms with Crippen molar-refractivity contribution >= 4 is 33.6 Å². The van der Waals surface area contributed by atoms with E-state index in [4.69, 9.17) is 24.1 Å². The summed E-state index contributed by atoms with van der Waals surface area (Å²) in [6.07, 6.45) is 7.02. The number of rotatable bonds is 18. The molecule has 8 nitrogen and oxygen atoms in total. The molecule has 1 aromatic carbocycles. The van der Waals surface area contributed by atoms with Gasteiger partial charge < -0.3 is 29.0 Å². The smallest absolute Gasteiger partial charge is 0.0701 e. The van der Waals surface area contributed by atoms with Gasteiger partial charge in [0.2, 0.25) is 0 Å². The number of fused-ring (bicyclic) bond motifs is 3. The molecule has 0 saturated carbocycles. The van der Waals surface area contributed by atoms with Gasteiger partial charge in [-0.25, -0.2) is 0 Å². The number of benzene rings is 1. The van der Waals surface area contributed by atoms with Crippen LogP contribution in [0.2, 0.25) is 0 Å². The number of nitrogens with one attached hydrogen (secondary N) is 1. The van der Waals surface area contributed by atoms with E-state index in [0.29, 0.717) is 52.9 Å². The number of pyridine rings is 1. The monoisotopic (exact) mass is 481 g/mol. The van der Waals surface area contributed by atoms with Crippen LogP contribution in [0.3, 0.4) is 0 Å². The second kappa shape index (κ2) is 15.2. The lowest BCUT2D eigenvalue weighted by Crippen LogP contribution is -2.12. The molecule has 0 aliphatic carbocycles. The van der Waals surface area contributed by atoms with E-state index in [0.717, 1.165) is 51.5 Å². The first-order valence-corrected chi connectivity index (χ1v) is 11.9. The second-order valence-electron chi connectivity index (χ2n) is 7.93. The third-order valence-corrected chi connectivity index (χ3v) is 5.28. The van der Waals surface area contributed by atoms with Gasteiger partial charge in [0, 0.05) is 52.7 Å². The molecule has 0 amide bonds. The van der Waals surface area contributed by atoms with Crippen LogP contribution >= 0.6 is 0 Å². The third-order valence-electron chi connectivity index (χ3n) is 5.28. The van der Waals surface area contributed by atoms with E-state index in [-0.39, 0.29) is 6.61 Å². The van der Waals surface area contributed by atoms with Gasteiger partial charge in [-0.05, 0) is 36.1 Å². The van der Waals surface area contributed by atoms with E-state index in [1.54, 1.807) is 12.4 Å². The van der Waals surface area contributed by atoms with Crippen molar-refractivity contribution in [3.8, 4) is 0 Å². The van der Waals surface area contributed by atoms with Crippen LogP contribution in [-0.4, -0.2) is 80.8 Å². The van der Waals surface area contributed by atoms with Crippen molar-refractivity contribution in [1.82, 2.24) is 9.97 Å². The Bertz CT molecular complexity index is 1110. The van der Waals surface area contributed by atoms with Gasteiger partial charge in [0.05, 0.1) is 52.9 Å². The summed E-state index contributed by atoms with van der Waals surface area (Å²) in [5.41, 5.74) is 4.76. The molecule has 2 aromatic heterocycles. The van der Waals surface area contributed by atoms with Crippen LogP contribution in [-0.2, 0) is 18.9 Å². The summed E-state index contributed by atoms with van der Waals surface area (Å²) in [6.45, 7) is 12.3. The molecule has 0 radical (unpaired) electrons. The molecule has 8 heteroatoms. The Balaban J connectivity index is 1.25. The van der Waals surface area contributed by atoms with E-state index in [9.17, 15) is 0 Å². The third kappa shape index (κ3) is 9.01. The minimum Gasteiger partial charge on any atom is -0.394 e. The van der Waals surface area contributed by atoms with Crippen molar-refractivity contribution in [3.05, 3.63) is 61.1 Å². The topological polar surface area (TPSA) is 98.2 Å². The summed E-state index contributed by atoms with van der Waals surface area (Å²) in [5.74, 6) is 0. The number of ether oxygens (including phenoxy) is 4. The number of nitrogens with zero attached hydrogens (tertiary/aromatic N) is 2. The van der Waals surface area contributed by atoms with Gasteiger partial charge in [0.1, 0.15) is 0 Å². The molecular weight excluding hydrogens is 446 g/mol. The van der Waals surface area contributed by atoms with Crippen molar-refractivity contribution in [2.24, 2.45) is 4.99 Å². The maximum Gasteiger partial charge on any atom is 0.0701 e. The predicted octanol–water partition coefficient (Wildman–Crippen LogP) is 4.15. The molecule has 2 heterocycles. The fourth-order valence-corrected chi connectivity index (χ4v) is 3.46. The highest BCUT2D eigenvalue weighted by Gasteiger charge is 2.06. The van der Waals surface area contributed by atoms with Crippen molar-refractivity contribution in [1.29, 1.82) is 0 Å². The zero-order valence-electron chi connectivity index (χ0n) is 20.2. The normalized spacial score (nSPS) is 11.7. The van der Waals surface area contributed by atoms with Gasteiger partial charge in [0.25, 0.3) is 0 Å². The first-order valence-electron chi connectivity index (χ1n) is 11.9. The van der Waals surface area contributed by atoms with Crippen molar-refractivity contribution in [2.45, 2.75) is 12.8 Å². The highest BCUT2D eigenvalue weighted by atomic mass is 16.6. The Morgan fingerprint density at radius 2 is 1.57 bits per heavy atom. The highest BCUT2D eigenvalue weighted by molar-refractivity contribution is 6.12. The molecule has 2 N–H and O–H groups in total. The lowest BCUT2D eigenvalue weighted by atomic mass is 10.1. The first kappa shape index (κ1) is 26.7. The van der Waals surface area contributed by atoms with Crippen molar-refractivity contribution in [2.75, 3.05) is 59.5 Å². The van der Waals surface area contributed by atoms with Gasteiger partial charge >= 0.3 is 0 Å². The molecule has 0 atom stereocenters. The number of hydrogen-bond donors (Lipinski definition) is 2. The quantitative estimate of drug-likeness (QED) is 0.209. The van der Waals surface area contributed by atoms with Crippen LogP contribution in [0, 0.1) is 0 Å². The number of hydrogen-bond acceptors (Lipinski definition) is 7. The first-order chi connectivity index (χ1) is 17.2. The van der Waals surface area contributed by atoms with Crippen molar-refractivity contribution in [3.63, 3.8) is 0 Å². The standard InChI is InChI=1S/C27H35N3O5/c1-21(23-5-6-24-25-20-28-8-7-26(25)30-27(24)18-23)19-29-22(2)4-3-10-32-12-14-34-16-17-35-15-13-33-11-9-31/h5-8,18-20,30-31H,1-4,9-17H2/b29-19-. The molecule has 0 fully saturated rings. The molecule has 0 aliphatic heterocycles. The molecule has 0 saturated heterocycles. The van der Waals surface area contributed by atoms with E-state index < -0.39 is 0 Å². The molecule has 3 aromatic rings. The van der Waals surface area contributed by atoms with Gasteiger partial charge in [0.15, 0.2) is 0 Å². The van der Waals surface area contributed by atoms with E-state index >= 15 is 0 Å². The van der Waals surface area contributed by atoms with Gasteiger partial charge in [-0.1, -0.05) is 25.3 Å². The fraction of sp³-hybridized carbons (Fsp3) is 0.407. The lowest BCUT2D eigenvalue weighted by Gasteiger charge is -2.07. The summed E-state index contributed by atoms with van der Waals surface area (Å²) >= 11 is 0. The number of aromatic nitrogens is 2. The molecule has 0 bridgehead atoms. The Hall–Kier alpha value is -2.88. The van der Waals surface area contributed by atoms with Gasteiger partial charge in [-0.3, -0.25) is 9.98 Å². The average molecular weight is 482 g/mol. The number of aliphatic hydroxyl groups is 1. The zero-order valence-corrected chi connectivity index (χ0v) is 20.2. The molecule has 35 heavy (non-hydrogen) atoms. The molecule has 0 aliphatic rings. The maximum absolute atomic E-state index is 8.59. The second-order valence-corrected chi connectivity index (χ2v) is 7.93. The van der Waals surface area contributed by atoms with E-state index in [2.05, 4.69) is 46.3 Å². The number of aliphatic hydroxyl groups excluding tert-OH is 1. The Morgan fingerprint density at radius 1 is 0.886 bits per heavy atom. The van der Waals surface area contributed by atoms with Crippen LogP contribution < -0.4 is 0 Å². The van der Waals surface area contributed by atoms with Crippen LogP contribution in [0.4, 0.5) is 0 Å². The summed E-state index contributed by atoms with van der Waals surface area (Å²) in [6, 6.07) is 8.20. The maximum atomic E-state index is 8.59. The fourth-order valence-electron chi connectivity index (χ4n) is 3.46. The number of H-pyrrole nitrogens is 1. The van der Waals surface area contributed by atoms with Crippen LogP contribution in [0.5, 0.6) is 0 Å². The minimum absolute atomic E-state index is 0.0305. The van der Waals surface area contributed by atoms with Crippen molar-refractivity contribution < 1.29 is 24.1 Å². The summed E-state index contributed by atoms with van der Waals surface area (Å²) < 4.78 is 21.5. The van der Waals surface area contributed by atoms with E-state index in [1.165, 1.54) is 0 Å². The largest absolute Gasteiger partial charge is 0.394 e. The van der Waals surface area contributed by atoms with Crippen LogP contribution in [0.15, 0.2) is 60.5 Å². The number of aliphatic imine (C=N–C) groups is 1. The zero-order chi connectivity index (χ0) is 24.7.